The third-order valence-electron chi connectivity index (χ3n) is 1.04. The first-order valence-electron chi connectivity index (χ1n) is 2.72. The summed E-state index contributed by atoms with van der Waals surface area (Å²) in [6.07, 6.45) is 2.79. The Kier molecular flexibility index (Phi) is 5.97. The summed E-state index contributed by atoms with van der Waals surface area (Å²) in [7, 11) is -3.97. The van der Waals surface area contributed by atoms with Crippen molar-refractivity contribution in [2.24, 2.45) is 0 Å². The van der Waals surface area contributed by atoms with Crippen molar-refractivity contribution in [3.8, 4) is 0 Å². The Morgan fingerprint density at radius 3 is 2.00 bits per heavy atom. The minimum absolute atomic E-state index is 0. The van der Waals surface area contributed by atoms with Gasteiger partial charge < -0.3 is 6.15 Å². The van der Waals surface area contributed by atoms with Gasteiger partial charge in [0.1, 0.15) is 5.25 Å². The summed E-state index contributed by atoms with van der Waals surface area (Å²) in [5.41, 5.74) is 0. The second kappa shape index (κ2) is 5.06. The summed E-state index contributed by atoms with van der Waals surface area (Å²) in [6.45, 7) is 6.60. The third kappa shape index (κ3) is 4.72. The van der Waals surface area contributed by atoms with Crippen LogP contribution in [0.15, 0.2) is 25.3 Å². The summed E-state index contributed by atoms with van der Waals surface area (Å²) in [5.74, 6) is 0. The van der Waals surface area contributed by atoms with Gasteiger partial charge in [-0.05, 0) is 6.42 Å². The van der Waals surface area contributed by atoms with Gasteiger partial charge in [-0.1, -0.05) is 12.2 Å². The molecule has 0 amide bonds. The smallest absolute Gasteiger partial charge is 0.271 e. The highest BCUT2D eigenvalue weighted by molar-refractivity contribution is 7.86. The molecular formula is C6H13NO3S. The minimum atomic E-state index is -3.97. The van der Waals surface area contributed by atoms with Gasteiger partial charge in [0.2, 0.25) is 0 Å². The molecule has 0 aliphatic rings. The van der Waals surface area contributed by atoms with E-state index in [0.717, 1.165) is 0 Å². The predicted molar refractivity (Wildman–Crippen MR) is 45.4 cm³/mol. The molecule has 0 heterocycles. The van der Waals surface area contributed by atoms with Crippen LogP contribution in [0.2, 0.25) is 0 Å². The van der Waals surface area contributed by atoms with Crippen LogP contribution in [0.25, 0.3) is 0 Å². The molecule has 4 nitrogen and oxygen atoms in total. The molecule has 5 heteroatoms. The van der Waals surface area contributed by atoms with Gasteiger partial charge in [0.05, 0.1) is 0 Å². The van der Waals surface area contributed by atoms with Crippen molar-refractivity contribution in [1.82, 2.24) is 6.15 Å². The maximum absolute atomic E-state index is 10.4. The summed E-state index contributed by atoms with van der Waals surface area (Å²) in [6, 6.07) is 0. The number of hydrogen-bond acceptors (Lipinski definition) is 3. The molecule has 0 saturated heterocycles. The molecule has 0 aromatic rings. The molecule has 0 aliphatic carbocycles. The van der Waals surface area contributed by atoms with Gasteiger partial charge in [-0.25, -0.2) is 0 Å². The number of hydrogen-bond donors (Lipinski definition) is 2. The SMILES string of the molecule is C=CCC(C=C)S(=O)(=O)O.N. The Morgan fingerprint density at radius 1 is 1.45 bits per heavy atom. The second-order valence-corrected chi connectivity index (χ2v) is 3.45. The molecule has 0 saturated carbocycles. The first-order valence-corrected chi connectivity index (χ1v) is 4.22. The number of allylic oxidation sites excluding steroid dienone is 1. The first-order chi connectivity index (χ1) is 4.52. The van der Waals surface area contributed by atoms with Crippen molar-refractivity contribution in [2.75, 3.05) is 0 Å². The summed E-state index contributed by atoms with van der Waals surface area (Å²) >= 11 is 0. The van der Waals surface area contributed by atoms with Crippen molar-refractivity contribution < 1.29 is 13.0 Å². The van der Waals surface area contributed by atoms with Crippen LogP contribution in [0.1, 0.15) is 6.42 Å². The first kappa shape index (κ1) is 13.0. The average molecular weight is 179 g/mol. The molecule has 11 heavy (non-hydrogen) atoms. The largest absolute Gasteiger partial charge is 0.344 e. The fourth-order valence-corrected chi connectivity index (χ4v) is 1.13. The van der Waals surface area contributed by atoms with Gasteiger partial charge in [-0.15, -0.1) is 13.2 Å². The van der Waals surface area contributed by atoms with Crippen LogP contribution in [0, 0.1) is 0 Å². The monoisotopic (exact) mass is 179 g/mol. The van der Waals surface area contributed by atoms with Crippen LogP contribution in [-0.4, -0.2) is 18.2 Å². The average Bonchev–Trinajstić information content (AvgIpc) is 1.80. The predicted octanol–water partition coefficient (Wildman–Crippen LogP) is 1.17. The molecule has 0 spiro atoms. The van der Waals surface area contributed by atoms with E-state index in [9.17, 15) is 8.42 Å². The molecule has 4 N–H and O–H groups in total. The molecule has 0 bridgehead atoms. The van der Waals surface area contributed by atoms with Crippen molar-refractivity contribution in [1.29, 1.82) is 0 Å². The van der Waals surface area contributed by atoms with Gasteiger partial charge >= 0.3 is 0 Å². The van der Waals surface area contributed by atoms with E-state index in [2.05, 4.69) is 13.2 Å². The highest BCUT2D eigenvalue weighted by Crippen LogP contribution is 2.04. The molecule has 0 aromatic heterocycles. The molecule has 1 unspecified atom stereocenters. The van der Waals surface area contributed by atoms with Gasteiger partial charge in [0, 0.05) is 0 Å². The normalized spacial score (nSPS) is 12.8. The van der Waals surface area contributed by atoms with E-state index in [4.69, 9.17) is 4.55 Å². The third-order valence-corrected chi connectivity index (χ3v) is 2.19. The lowest BCUT2D eigenvalue weighted by molar-refractivity contribution is 0.475. The van der Waals surface area contributed by atoms with E-state index in [1.807, 2.05) is 0 Å². The maximum Gasteiger partial charge on any atom is 0.271 e. The van der Waals surface area contributed by atoms with E-state index < -0.39 is 15.4 Å². The lowest BCUT2D eigenvalue weighted by Gasteiger charge is -2.03. The van der Waals surface area contributed by atoms with E-state index >= 15 is 0 Å². The van der Waals surface area contributed by atoms with Crippen molar-refractivity contribution in [2.45, 2.75) is 11.7 Å². The summed E-state index contributed by atoms with van der Waals surface area (Å²) < 4.78 is 29.2. The molecule has 0 aromatic carbocycles. The maximum atomic E-state index is 10.4. The van der Waals surface area contributed by atoms with Crippen molar-refractivity contribution in [3.05, 3.63) is 25.3 Å². The van der Waals surface area contributed by atoms with Gasteiger partial charge in [0.25, 0.3) is 10.1 Å². The molecule has 0 radical (unpaired) electrons. The minimum Gasteiger partial charge on any atom is -0.344 e. The summed E-state index contributed by atoms with van der Waals surface area (Å²) in [4.78, 5) is 0. The standard InChI is InChI=1S/C6H10O3S.H3N/c1-3-5-6(4-2)10(7,8)9;/h3-4,6H,1-2,5H2,(H,7,8,9);1H3. The van der Waals surface area contributed by atoms with E-state index in [0.29, 0.717) is 0 Å². The zero-order valence-electron chi connectivity index (χ0n) is 6.23. The Balaban J connectivity index is 0. The molecule has 0 rings (SSSR count). The van der Waals surface area contributed by atoms with Gasteiger partial charge in [-0.3, -0.25) is 4.55 Å². The second-order valence-electron chi connectivity index (χ2n) is 1.81. The number of rotatable bonds is 4. The highest BCUT2D eigenvalue weighted by Gasteiger charge is 2.16. The fraction of sp³-hybridized carbons (Fsp3) is 0.333. The highest BCUT2D eigenvalue weighted by atomic mass is 32.2. The fourth-order valence-electron chi connectivity index (χ4n) is 0.504. The van der Waals surface area contributed by atoms with Crippen LogP contribution in [0.5, 0.6) is 0 Å². The van der Waals surface area contributed by atoms with Crippen LogP contribution in [0.3, 0.4) is 0 Å². The Hall–Kier alpha value is -0.650. The van der Waals surface area contributed by atoms with Gasteiger partial charge in [0.15, 0.2) is 0 Å². The van der Waals surface area contributed by atoms with E-state index in [1.165, 1.54) is 12.2 Å². The van der Waals surface area contributed by atoms with E-state index in [-0.39, 0.29) is 12.6 Å². The quantitative estimate of drug-likeness (QED) is 0.500. The van der Waals surface area contributed by atoms with Crippen LogP contribution in [-0.2, 0) is 10.1 Å². The zero-order chi connectivity index (χ0) is 8.20. The van der Waals surface area contributed by atoms with E-state index in [1.54, 1.807) is 0 Å². The lowest BCUT2D eigenvalue weighted by atomic mass is 10.3. The van der Waals surface area contributed by atoms with Crippen molar-refractivity contribution in [3.63, 3.8) is 0 Å². The van der Waals surface area contributed by atoms with Crippen LogP contribution in [0.4, 0.5) is 0 Å². The van der Waals surface area contributed by atoms with Crippen LogP contribution < -0.4 is 6.15 Å². The lowest BCUT2D eigenvalue weighted by Crippen LogP contribution is -2.16. The van der Waals surface area contributed by atoms with Crippen molar-refractivity contribution >= 4 is 10.1 Å². The zero-order valence-corrected chi connectivity index (χ0v) is 7.05. The molecule has 66 valence electrons. The Bertz CT molecular complexity index is 220. The topological polar surface area (TPSA) is 89.4 Å². The molecule has 0 fully saturated rings. The summed E-state index contributed by atoms with van der Waals surface area (Å²) in [5, 5.41) is -0.912. The molecule has 1 atom stereocenters. The molecular weight excluding hydrogens is 166 g/mol. The van der Waals surface area contributed by atoms with Gasteiger partial charge in [-0.2, -0.15) is 8.42 Å². The molecule has 0 aliphatic heterocycles. The Morgan fingerprint density at radius 2 is 1.91 bits per heavy atom. The van der Waals surface area contributed by atoms with Crippen LogP contribution >= 0.6 is 0 Å². The Labute approximate surface area is 66.9 Å².